The van der Waals surface area contributed by atoms with Crippen LogP contribution in [0.3, 0.4) is 0 Å². The molecule has 2 unspecified atom stereocenters. The van der Waals surface area contributed by atoms with Crippen molar-refractivity contribution in [2.45, 2.75) is 13.8 Å². The van der Waals surface area contributed by atoms with Crippen LogP contribution in [0.15, 0.2) is 152 Å². The number of fused-ring (bicyclic) bond motifs is 3. The fourth-order valence-electron chi connectivity index (χ4n) is 7.24. The molecule has 0 spiro atoms. The quantitative estimate of drug-likeness (QED) is 0.209. The Morgan fingerprint density at radius 3 is 1.84 bits per heavy atom. The van der Waals surface area contributed by atoms with E-state index in [0.29, 0.717) is 0 Å². The van der Waals surface area contributed by atoms with Crippen molar-refractivity contribution in [1.82, 2.24) is 4.98 Å². The largest absolute Gasteiger partial charge is 0.264 e. The Morgan fingerprint density at radius 1 is 0.455 bits per heavy atom. The van der Waals surface area contributed by atoms with Gasteiger partial charge in [0.25, 0.3) is 0 Å². The van der Waals surface area contributed by atoms with Crippen LogP contribution in [0.1, 0.15) is 22.3 Å². The Hall–Kier alpha value is -5.27. The van der Waals surface area contributed by atoms with E-state index >= 15 is 0 Å². The lowest BCUT2D eigenvalue weighted by Crippen LogP contribution is -2.40. The van der Waals surface area contributed by atoms with Crippen LogP contribution in [0.25, 0.3) is 44.2 Å². The Labute approximate surface area is 258 Å². The van der Waals surface area contributed by atoms with Crippen LogP contribution < -0.4 is 10.4 Å². The summed E-state index contributed by atoms with van der Waals surface area (Å²) in [6.45, 7) is 4.25. The maximum Gasteiger partial charge on any atom is 0.0346 e. The second kappa shape index (κ2) is 10.8. The molecule has 0 saturated carbocycles. The van der Waals surface area contributed by atoms with Crippen molar-refractivity contribution in [3.8, 4) is 22.3 Å². The summed E-state index contributed by atoms with van der Waals surface area (Å²) < 4.78 is 0. The van der Waals surface area contributed by atoms with Crippen LogP contribution in [-0.4, -0.2) is 4.98 Å². The van der Waals surface area contributed by atoms with E-state index in [9.17, 15) is 0 Å². The highest BCUT2D eigenvalue weighted by atomic mass is 14.6. The van der Waals surface area contributed by atoms with Crippen molar-refractivity contribution in [3.63, 3.8) is 0 Å². The molecule has 1 heteroatoms. The van der Waals surface area contributed by atoms with Crippen LogP contribution in [0.4, 0.5) is 0 Å². The summed E-state index contributed by atoms with van der Waals surface area (Å²) in [4.78, 5) is 4.47. The molecule has 1 nitrogen and oxygen atoms in total. The minimum absolute atomic E-state index is 0.225. The van der Waals surface area contributed by atoms with Crippen LogP contribution in [-0.2, 0) is 0 Å². The van der Waals surface area contributed by atoms with Crippen molar-refractivity contribution in [1.29, 1.82) is 0 Å². The molecule has 0 aliphatic heterocycles. The van der Waals surface area contributed by atoms with Gasteiger partial charge in [-0.2, -0.15) is 0 Å². The molecule has 0 bridgehead atoms. The van der Waals surface area contributed by atoms with E-state index in [1.54, 1.807) is 0 Å². The number of pyridine rings is 1. The highest BCUT2D eigenvalue weighted by Gasteiger charge is 2.32. The van der Waals surface area contributed by atoms with Crippen LogP contribution >= 0.6 is 0 Å². The van der Waals surface area contributed by atoms with Crippen molar-refractivity contribution in [2.24, 2.45) is 11.8 Å². The molecule has 0 fully saturated rings. The molecule has 0 amide bonds. The maximum atomic E-state index is 4.47. The first-order valence-corrected chi connectivity index (χ1v) is 15.5. The number of aryl methyl sites for hydroxylation is 2. The summed E-state index contributed by atoms with van der Waals surface area (Å²) in [5.41, 5.74) is 12.7. The third-order valence-electron chi connectivity index (χ3n) is 9.27. The standard InChI is InChI=1S/C43H33N/c1-28-18-20-30(21-19-28)34-22-23-41(36-13-4-3-12-35(34)36)43-39-16-7-5-14-37(39)42(38-15-6-8-17-40(38)43)32-11-9-10-31(25-32)33-24-29(2)26-44-27-33/h3-27,37,39H,1-2H3. The van der Waals surface area contributed by atoms with Crippen molar-refractivity contribution in [2.75, 3.05) is 0 Å². The normalized spacial score (nSPS) is 17.0. The Bertz CT molecular complexity index is 2250. The molecule has 2 atom stereocenters. The van der Waals surface area contributed by atoms with E-state index < -0.39 is 0 Å². The lowest BCUT2D eigenvalue weighted by atomic mass is 9.69. The second-order valence-electron chi connectivity index (χ2n) is 12.1. The molecule has 2 aliphatic carbocycles. The molecule has 1 aromatic heterocycles. The fourth-order valence-corrected chi connectivity index (χ4v) is 7.24. The Balaban J connectivity index is 1.41. The number of nitrogens with zero attached hydrogens (tertiary/aromatic N) is 1. The summed E-state index contributed by atoms with van der Waals surface area (Å²) in [7, 11) is 0. The van der Waals surface area contributed by atoms with Crippen LogP contribution in [0.2, 0.25) is 0 Å². The minimum Gasteiger partial charge on any atom is -0.264 e. The zero-order chi connectivity index (χ0) is 29.6. The summed E-state index contributed by atoms with van der Waals surface area (Å²) in [6.07, 6.45) is 13.1. The third kappa shape index (κ3) is 4.44. The lowest BCUT2D eigenvalue weighted by Gasteiger charge is -2.34. The van der Waals surface area contributed by atoms with Gasteiger partial charge in [0.1, 0.15) is 0 Å². The van der Waals surface area contributed by atoms with Gasteiger partial charge in [-0.15, -0.1) is 0 Å². The summed E-state index contributed by atoms with van der Waals surface area (Å²) >= 11 is 0. The molecule has 6 aromatic rings. The minimum atomic E-state index is 0.225. The molecule has 0 radical (unpaired) electrons. The lowest BCUT2D eigenvalue weighted by molar-refractivity contribution is 0.687. The van der Waals surface area contributed by atoms with Crippen molar-refractivity contribution >= 4 is 21.9 Å². The van der Waals surface area contributed by atoms with Gasteiger partial charge in [-0.05, 0) is 91.7 Å². The average molecular weight is 564 g/mol. The zero-order valence-electron chi connectivity index (χ0n) is 25.0. The molecular weight excluding hydrogens is 530 g/mol. The summed E-state index contributed by atoms with van der Waals surface area (Å²) in [6, 6.07) is 42.8. The highest BCUT2D eigenvalue weighted by molar-refractivity contribution is 6.03. The number of allylic oxidation sites excluding steroid dienone is 4. The molecule has 1 heterocycles. The monoisotopic (exact) mass is 563 g/mol. The molecule has 2 aliphatic rings. The molecule has 210 valence electrons. The smallest absolute Gasteiger partial charge is 0.0346 e. The average Bonchev–Trinajstić information content (AvgIpc) is 3.07. The molecular formula is C43H33N. The van der Waals surface area contributed by atoms with Crippen LogP contribution in [0, 0.1) is 25.7 Å². The van der Waals surface area contributed by atoms with E-state index in [0.717, 1.165) is 5.56 Å². The van der Waals surface area contributed by atoms with E-state index in [1.807, 2.05) is 12.4 Å². The predicted molar refractivity (Wildman–Crippen MR) is 185 cm³/mol. The van der Waals surface area contributed by atoms with Gasteiger partial charge in [0, 0.05) is 29.8 Å². The summed E-state index contributed by atoms with van der Waals surface area (Å²) in [5.74, 6) is 0.453. The molecule has 8 rings (SSSR count). The highest BCUT2D eigenvalue weighted by Crippen LogP contribution is 2.43. The SMILES string of the molecule is Cc1ccc(-c2ccc(C3=c4ccccc4=C(c4cccc(-c5cncc(C)c5)c4)C4C=CC=CC34)c3ccccc23)cc1. The van der Waals surface area contributed by atoms with E-state index in [-0.39, 0.29) is 11.8 Å². The van der Waals surface area contributed by atoms with Gasteiger partial charge < -0.3 is 0 Å². The van der Waals surface area contributed by atoms with Gasteiger partial charge >= 0.3 is 0 Å². The van der Waals surface area contributed by atoms with Gasteiger partial charge in [-0.3, -0.25) is 4.98 Å². The number of benzene rings is 5. The van der Waals surface area contributed by atoms with Gasteiger partial charge in [-0.25, -0.2) is 0 Å². The number of hydrogen-bond acceptors (Lipinski definition) is 1. The Morgan fingerprint density at radius 2 is 1.09 bits per heavy atom. The van der Waals surface area contributed by atoms with Crippen LogP contribution in [0.5, 0.6) is 0 Å². The van der Waals surface area contributed by atoms with Gasteiger partial charge in [0.15, 0.2) is 0 Å². The first-order valence-electron chi connectivity index (χ1n) is 15.5. The molecule has 0 saturated heterocycles. The van der Waals surface area contributed by atoms with E-state index in [1.165, 1.54) is 71.3 Å². The zero-order valence-corrected chi connectivity index (χ0v) is 25.0. The molecule has 0 N–H and O–H groups in total. The van der Waals surface area contributed by atoms with E-state index in [2.05, 4.69) is 158 Å². The topological polar surface area (TPSA) is 12.9 Å². The maximum absolute atomic E-state index is 4.47. The molecule has 44 heavy (non-hydrogen) atoms. The predicted octanol–water partition coefficient (Wildman–Crippen LogP) is 8.96. The number of rotatable bonds is 4. The third-order valence-corrected chi connectivity index (χ3v) is 9.27. The molecule has 5 aromatic carbocycles. The van der Waals surface area contributed by atoms with Gasteiger partial charge in [-0.1, -0.05) is 133 Å². The number of hydrogen-bond donors (Lipinski definition) is 0. The first kappa shape index (κ1) is 26.4. The fraction of sp³-hybridized carbons (Fsp3) is 0.0930. The van der Waals surface area contributed by atoms with Crippen molar-refractivity contribution in [3.05, 3.63) is 185 Å². The van der Waals surface area contributed by atoms with E-state index in [4.69, 9.17) is 0 Å². The Kier molecular flexibility index (Phi) is 6.46. The van der Waals surface area contributed by atoms with Crippen molar-refractivity contribution < 1.29 is 0 Å². The van der Waals surface area contributed by atoms with Gasteiger partial charge in [0.05, 0.1) is 0 Å². The summed E-state index contributed by atoms with van der Waals surface area (Å²) in [5, 5.41) is 5.23. The first-order chi connectivity index (χ1) is 21.7. The van der Waals surface area contributed by atoms with Gasteiger partial charge in [0.2, 0.25) is 0 Å². The second-order valence-corrected chi connectivity index (χ2v) is 12.1. The number of aromatic nitrogens is 1.